The van der Waals surface area contributed by atoms with Crippen molar-refractivity contribution in [2.24, 2.45) is 0 Å². The molecule has 0 saturated carbocycles. The van der Waals surface area contributed by atoms with Crippen LogP contribution < -0.4 is 5.32 Å². The van der Waals surface area contributed by atoms with Gasteiger partial charge in [0.1, 0.15) is 4.88 Å². The summed E-state index contributed by atoms with van der Waals surface area (Å²) in [4.78, 5) is 32.7. The Bertz CT molecular complexity index is 1230. The van der Waals surface area contributed by atoms with Gasteiger partial charge in [-0.1, -0.05) is 18.2 Å². The van der Waals surface area contributed by atoms with Crippen LogP contribution >= 0.6 is 11.3 Å². The van der Waals surface area contributed by atoms with Crippen molar-refractivity contribution < 1.29 is 9.59 Å². The third kappa shape index (κ3) is 4.96. The average Bonchev–Trinajstić information content (AvgIpc) is 3.18. The fraction of sp³-hybridized carbons (Fsp3) is 0.308. The summed E-state index contributed by atoms with van der Waals surface area (Å²) in [6, 6.07) is 15.3. The minimum Gasteiger partial charge on any atom is -0.339 e. The van der Waals surface area contributed by atoms with Gasteiger partial charge in [-0.05, 0) is 74.9 Å². The summed E-state index contributed by atoms with van der Waals surface area (Å²) < 4.78 is 0. The zero-order chi connectivity index (χ0) is 23.5. The van der Waals surface area contributed by atoms with E-state index in [1.807, 2.05) is 62.1 Å². The van der Waals surface area contributed by atoms with Crippen LogP contribution in [0.15, 0.2) is 42.5 Å². The van der Waals surface area contributed by atoms with E-state index in [4.69, 9.17) is 5.26 Å². The normalized spacial score (nSPS) is 14.1. The van der Waals surface area contributed by atoms with Gasteiger partial charge in [-0.2, -0.15) is 5.26 Å². The summed E-state index contributed by atoms with van der Waals surface area (Å²) in [6.45, 7) is 6.98. The smallest absolute Gasteiger partial charge is 0.267 e. The number of nitrogens with one attached hydrogen (secondary N) is 1. The second-order valence-electron chi connectivity index (χ2n) is 8.43. The molecule has 2 amide bonds. The lowest BCUT2D eigenvalue weighted by Crippen LogP contribution is -2.38. The molecule has 7 heteroatoms. The van der Waals surface area contributed by atoms with E-state index in [9.17, 15) is 9.59 Å². The lowest BCUT2D eigenvalue weighted by Gasteiger charge is -2.32. The molecule has 1 N–H and O–H groups in total. The molecule has 4 rings (SSSR count). The van der Waals surface area contributed by atoms with Crippen LogP contribution in [0.3, 0.4) is 0 Å². The van der Waals surface area contributed by atoms with Crippen LogP contribution in [0.1, 0.15) is 66.2 Å². The highest BCUT2D eigenvalue weighted by Crippen LogP contribution is 2.29. The first-order chi connectivity index (χ1) is 15.9. The second-order valence-corrected chi connectivity index (χ2v) is 9.63. The lowest BCUT2D eigenvalue weighted by molar-refractivity contribution is 0.0712. The molecule has 1 saturated heterocycles. The standard InChI is InChI=1S/C26H26N4O2S/c1-16-4-7-22(14-23(16)29-25(31)24-17(2)28-18(3)33-24)26(32)30-12-10-21(11-13-30)20-8-5-19(15-27)6-9-20/h4-9,14,21H,10-13H2,1-3H3,(H,29,31). The van der Waals surface area contributed by atoms with Gasteiger partial charge in [0.05, 0.1) is 22.3 Å². The van der Waals surface area contributed by atoms with Gasteiger partial charge in [0.2, 0.25) is 0 Å². The largest absolute Gasteiger partial charge is 0.339 e. The monoisotopic (exact) mass is 458 g/mol. The first kappa shape index (κ1) is 22.7. The summed E-state index contributed by atoms with van der Waals surface area (Å²) in [7, 11) is 0. The number of hydrogen-bond donors (Lipinski definition) is 1. The number of hydrogen-bond acceptors (Lipinski definition) is 5. The molecule has 168 valence electrons. The summed E-state index contributed by atoms with van der Waals surface area (Å²) in [6.07, 6.45) is 1.77. The Kier molecular flexibility index (Phi) is 6.57. The number of nitriles is 1. The molecule has 6 nitrogen and oxygen atoms in total. The number of amides is 2. The molecule has 1 aliphatic heterocycles. The van der Waals surface area contributed by atoms with Crippen molar-refractivity contribution >= 4 is 28.8 Å². The number of aromatic nitrogens is 1. The van der Waals surface area contributed by atoms with E-state index < -0.39 is 0 Å². The molecule has 3 aromatic rings. The molecule has 1 aromatic heterocycles. The van der Waals surface area contributed by atoms with Gasteiger partial charge in [-0.25, -0.2) is 4.98 Å². The van der Waals surface area contributed by atoms with Crippen LogP contribution in [0, 0.1) is 32.1 Å². The van der Waals surface area contributed by atoms with E-state index in [0.717, 1.165) is 23.4 Å². The molecule has 0 radical (unpaired) electrons. The van der Waals surface area contributed by atoms with Crippen molar-refractivity contribution in [1.82, 2.24) is 9.88 Å². The number of thiazole rings is 1. The molecule has 0 bridgehead atoms. The molecule has 33 heavy (non-hydrogen) atoms. The van der Waals surface area contributed by atoms with Crippen molar-refractivity contribution in [1.29, 1.82) is 5.26 Å². The van der Waals surface area contributed by atoms with Gasteiger partial charge < -0.3 is 10.2 Å². The van der Waals surface area contributed by atoms with Gasteiger partial charge in [0.25, 0.3) is 11.8 Å². The van der Waals surface area contributed by atoms with Gasteiger partial charge in [0, 0.05) is 24.3 Å². The summed E-state index contributed by atoms with van der Waals surface area (Å²) in [5, 5.41) is 12.8. The van der Waals surface area contributed by atoms with Crippen LogP contribution in [0.4, 0.5) is 5.69 Å². The summed E-state index contributed by atoms with van der Waals surface area (Å²) in [5.41, 5.74) is 4.71. The SMILES string of the molecule is Cc1nc(C)c(C(=O)Nc2cc(C(=O)N3CCC(c4ccc(C#N)cc4)CC3)ccc2C)s1. The number of benzene rings is 2. The van der Waals surface area contributed by atoms with E-state index in [1.54, 1.807) is 6.07 Å². The van der Waals surface area contributed by atoms with Crippen molar-refractivity contribution in [3.8, 4) is 6.07 Å². The topological polar surface area (TPSA) is 86.1 Å². The fourth-order valence-corrected chi connectivity index (χ4v) is 5.05. The number of piperidine rings is 1. The van der Waals surface area contributed by atoms with Crippen LogP contribution in [-0.4, -0.2) is 34.8 Å². The maximum Gasteiger partial charge on any atom is 0.267 e. The highest BCUT2D eigenvalue weighted by atomic mass is 32.1. The lowest BCUT2D eigenvalue weighted by atomic mass is 9.89. The van der Waals surface area contributed by atoms with E-state index in [1.165, 1.54) is 16.9 Å². The second kappa shape index (κ2) is 9.55. The van der Waals surface area contributed by atoms with E-state index in [2.05, 4.69) is 16.4 Å². The van der Waals surface area contributed by atoms with Crippen molar-refractivity contribution in [3.05, 3.63) is 80.3 Å². The summed E-state index contributed by atoms with van der Waals surface area (Å²) in [5.74, 6) is 0.170. The van der Waals surface area contributed by atoms with Gasteiger partial charge in [-0.15, -0.1) is 11.3 Å². The molecule has 0 atom stereocenters. The average molecular weight is 459 g/mol. The zero-order valence-electron chi connectivity index (χ0n) is 19.0. The van der Waals surface area contributed by atoms with Crippen molar-refractivity contribution in [2.45, 2.75) is 39.5 Å². The van der Waals surface area contributed by atoms with Crippen LogP contribution in [-0.2, 0) is 0 Å². The quantitative estimate of drug-likeness (QED) is 0.581. The molecule has 2 aromatic carbocycles. The first-order valence-corrected chi connectivity index (χ1v) is 11.8. The van der Waals surface area contributed by atoms with Crippen LogP contribution in [0.25, 0.3) is 0 Å². The highest BCUT2D eigenvalue weighted by Gasteiger charge is 2.25. The Balaban J connectivity index is 1.43. The van der Waals surface area contributed by atoms with E-state index in [0.29, 0.717) is 46.4 Å². The minimum absolute atomic E-state index is 0.0198. The number of aryl methyl sites for hydroxylation is 3. The van der Waals surface area contributed by atoms with Gasteiger partial charge in [0.15, 0.2) is 0 Å². The van der Waals surface area contributed by atoms with Gasteiger partial charge in [-0.3, -0.25) is 9.59 Å². The molecular formula is C26H26N4O2S. The summed E-state index contributed by atoms with van der Waals surface area (Å²) >= 11 is 1.37. The third-order valence-corrected chi connectivity index (χ3v) is 7.21. The Morgan fingerprint density at radius 2 is 1.79 bits per heavy atom. The minimum atomic E-state index is -0.200. The molecule has 1 fully saturated rings. The molecule has 0 aliphatic carbocycles. The van der Waals surface area contributed by atoms with E-state index in [-0.39, 0.29) is 11.8 Å². The van der Waals surface area contributed by atoms with Gasteiger partial charge >= 0.3 is 0 Å². The fourth-order valence-electron chi connectivity index (χ4n) is 4.24. The molecule has 1 aliphatic rings. The van der Waals surface area contributed by atoms with Crippen LogP contribution in [0.5, 0.6) is 0 Å². The number of rotatable bonds is 4. The molecule has 0 unspecified atom stereocenters. The predicted molar refractivity (Wildman–Crippen MR) is 130 cm³/mol. The number of carbonyl (C=O) groups is 2. The van der Waals surface area contributed by atoms with E-state index >= 15 is 0 Å². The predicted octanol–water partition coefficient (Wildman–Crippen LogP) is 5.21. The van der Waals surface area contributed by atoms with Crippen molar-refractivity contribution in [3.63, 3.8) is 0 Å². The molecule has 0 spiro atoms. The third-order valence-electron chi connectivity index (χ3n) is 6.14. The number of carbonyl (C=O) groups excluding carboxylic acids is 2. The Morgan fingerprint density at radius 3 is 2.39 bits per heavy atom. The molecule has 2 heterocycles. The Hall–Kier alpha value is -3.50. The number of likely N-dealkylation sites (tertiary alicyclic amines) is 1. The molecular weight excluding hydrogens is 432 g/mol. The Morgan fingerprint density at radius 1 is 1.09 bits per heavy atom. The highest BCUT2D eigenvalue weighted by molar-refractivity contribution is 7.13. The zero-order valence-corrected chi connectivity index (χ0v) is 19.8. The number of nitrogens with zero attached hydrogens (tertiary/aromatic N) is 3. The maximum absolute atomic E-state index is 13.2. The van der Waals surface area contributed by atoms with Crippen LogP contribution in [0.2, 0.25) is 0 Å². The Labute approximate surface area is 197 Å². The maximum atomic E-state index is 13.2. The number of anilines is 1. The van der Waals surface area contributed by atoms with Crippen molar-refractivity contribution in [2.75, 3.05) is 18.4 Å². The first-order valence-electron chi connectivity index (χ1n) is 11.0.